The fourth-order valence-electron chi connectivity index (χ4n) is 1.47. The Labute approximate surface area is 133 Å². The Balaban J connectivity index is 2.12. The van der Waals surface area contributed by atoms with Gasteiger partial charge in [0.05, 0.1) is 18.9 Å². The Bertz CT molecular complexity index is 471. The second-order valence-corrected chi connectivity index (χ2v) is 5.66. The zero-order chi connectivity index (χ0) is 15.5. The van der Waals surface area contributed by atoms with Crippen molar-refractivity contribution in [3.8, 4) is 0 Å². The number of halogens is 1. The van der Waals surface area contributed by atoms with Gasteiger partial charge in [0.1, 0.15) is 0 Å². The predicted molar refractivity (Wildman–Crippen MR) is 85.5 cm³/mol. The first-order chi connectivity index (χ1) is 10.1. The van der Waals surface area contributed by atoms with Crippen LogP contribution in [0.4, 0.5) is 0 Å². The summed E-state index contributed by atoms with van der Waals surface area (Å²) in [6, 6.07) is 7.52. The first-order valence-corrected chi connectivity index (χ1v) is 7.99. The van der Waals surface area contributed by atoms with Gasteiger partial charge < -0.3 is 15.4 Å². The summed E-state index contributed by atoms with van der Waals surface area (Å²) in [4.78, 5) is 22.9. The molecule has 1 aromatic carbocycles. The van der Waals surface area contributed by atoms with Crippen LogP contribution in [0, 0.1) is 0 Å². The van der Waals surface area contributed by atoms with Gasteiger partial charge in [-0.15, -0.1) is 11.8 Å². The molecule has 0 aliphatic rings. The average Bonchev–Trinajstić information content (AvgIpc) is 2.45. The minimum atomic E-state index is -0.222. The van der Waals surface area contributed by atoms with Crippen molar-refractivity contribution in [2.45, 2.75) is 5.75 Å². The number of methoxy groups -OCH3 is 1. The van der Waals surface area contributed by atoms with Crippen LogP contribution in [0.25, 0.3) is 0 Å². The maximum Gasteiger partial charge on any atom is 0.239 e. The molecule has 116 valence electrons. The van der Waals surface area contributed by atoms with Crippen LogP contribution in [0.3, 0.4) is 0 Å². The van der Waals surface area contributed by atoms with Crippen molar-refractivity contribution < 1.29 is 14.3 Å². The van der Waals surface area contributed by atoms with Gasteiger partial charge in [0.15, 0.2) is 0 Å². The van der Waals surface area contributed by atoms with Gasteiger partial charge in [0, 0.05) is 24.4 Å². The molecule has 1 rings (SSSR count). The lowest BCUT2D eigenvalue weighted by molar-refractivity contribution is -0.124. The van der Waals surface area contributed by atoms with Gasteiger partial charge in [-0.2, -0.15) is 0 Å². The highest BCUT2D eigenvalue weighted by Crippen LogP contribution is 2.16. The van der Waals surface area contributed by atoms with E-state index in [4.69, 9.17) is 16.3 Å². The molecule has 0 saturated carbocycles. The first kappa shape index (κ1) is 17.8. The van der Waals surface area contributed by atoms with E-state index in [0.717, 1.165) is 5.56 Å². The summed E-state index contributed by atoms with van der Waals surface area (Å²) >= 11 is 7.36. The quantitative estimate of drug-likeness (QED) is 0.673. The zero-order valence-electron chi connectivity index (χ0n) is 11.9. The maximum atomic E-state index is 11.6. The van der Waals surface area contributed by atoms with Crippen molar-refractivity contribution in [3.05, 3.63) is 34.9 Å². The molecule has 0 radical (unpaired) electrons. The minimum Gasteiger partial charge on any atom is -0.383 e. The number of thioether (sulfide) groups is 1. The molecule has 0 heterocycles. The summed E-state index contributed by atoms with van der Waals surface area (Å²) in [6.45, 7) is 0.879. The lowest BCUT2D eigenvalue weighted by Gasteiger charge is -2.06. The molecule has 0 aromatic heterocycles. The largest absolute Gasteiger partial charge is 0.383 e. The molecule has 2 amide bonds. The standard InChI is InChI=1S/C14H19ClN2O3S/c1-20-6-5-16-13(18)8-17-14(19)10-21-9-11-3-2-4-12(15)7-11/h2-4,7H,5-6,8-10H2,1H3,(H,16,18)(H,17,19). The monoisotopic (exact) mass is 330 g/mol. The number of benzene rings is 1. The third kappa shape index (κ3) is 8.60. The number of carbonyl (C=O) groups excluding carboxylic acids is 2. The smallest absolute Gasteiger partial charge is 0.239 e. The Morgan fingerprint density at radius 1 is 1.29 bits per heavy atom. The average molecular weight is 331 g/mol. The third-order valence-corrected chi connectivity index (χ3v) is 3.70. The van der Waals surface area contributed by atoms with Crippen LogP contribution in [0.2, 0.25) is 5.02 Å². The highest BCUT2D eigenvalue weighted by atomic mass is 35.5. The molecule has 0 atom stereocenters. The van der Waals surface area contributed by atoms with Crippen molar-refractivity contribution in [3.63, 3.8) is 0 Å². The van der Waals surface area contributed by atoms with Crippen LogP contribution < -0.4 is 10.6 Å². The van der Waals surface area contributed by atoms with Gasteiger partial charge in [0.2, 0.25) is 11.8 Å². The lowest BCUT2D eigenvalue weighted by Crippen LogP contribution is -2.38. The SMILES string of the molecule is COCCNC(=O)CNC(=O)CSCc1cccc(Cl)c1. The maximum absolute atomic E-state index is 11.6. The molecule has 21 heavy (non-hydrogen) atoms. The number of ether oxygens (including phenoxy) is 1. The van der Waals surface area contributed by atoms with E-state index in [9.17, 15) is 9.59 Å². The Morgan fingerprint density at radius 3 is 2.81 bits per heavy atom. The fraction of sp³-hybridized carbons (Fsp3) is 0.429. The molecule has 0 unspecified atom stereocenters. The van der Waals surface area contributed by atoms with Crippen LogP contribution in [-0.2, 0) is 20.1 Å². The van der Waals surface area contributed by atoms with Crippen LogP contribution in [0.15, 0.2) is 24.3 Å². The normalized spacial score (nSPS) is 10.2. The molecule has 0 aliphatic heterocycles. The molecule has 7 heteroatoms. The van der Waals surface area contributed by atoms with Gasteiger partial charge >= 0.3 is 0 Å². The summed E-state index contributed by atoms with van der Waals surface area (Å²) in [7, 11) is 1.56. The van der Waals surface area contributed by atoms with Gasteiger partial charge in [-0.3, -0.25) is 9.59 Å². The van der Waals surface area contributed by atoms with Gasteiger partial charge in [-0.05, 0) is 17.7 Å². The number of hydrogen-bond acceptors (Lipinski definition) is 4. The molecule has 1 aromatic rings. The molecule has 0 saturated heterocycles. The molecule has 5 nitrogen and oxygen atoms in total. The number of carbonyl (C=O) groups is 2. The molecular formula is C14H19ClN2O3S. The van der Waals surface area contributed by atoms with E-state index in [1.807, 2.05) is 24.3 Å². The zero-order valence-corrected chi connectivity index (χ0v) is 13.4. The second-order valence-electron chi connectivity index (χ2n) is 4.24. The third-order valence-electron chi connectivity index (χ3n) is 2.47. The van der Waals surface area contributed by atoms with Gasteiger partial charge in [-0.1, -0.05) is 23.7 Å². The topological polar surface area (TPSA) is 67.4 Å². The Hall–Kier alpha value is -1.24. The van der Waals surface area contributed by atoms with Gasteiger partial charge in [-0.25, -0.2) is 0 Å². The van der Waals surface area contributed by atoms with Crippen molar-refractivity contribution in [1.82, 2.24) is 10.6 Å². The molecule has 0 aliphatic carbocycles. The number of nitrogens with one attached hydrogen (secondary N) is 2. The van der Waals surface area contributed by atoms with Crippen molar-refractivity contribution in [2.24, 2.45) is 0 Å². The highest BCUT2D eigenvalue weighted by molar-refractivity contribution is 7.99. The molecule has 0 spiro atoms. The van der Waals surface area contributed by atoms with Crippen LogP contribution >= 0.6 is 23.4 Å². The van der Waals surface area contributed by atoms with Gasteiger partial charge in [0.25, 0.3) is 0 Å². The Kier molecular flexibility index (Phi) is 8.89. The van der Waals surface area contributed by atoms with E-state index >= 15 is 0 Å². The van der Waals surface area contributed by atoms with E-state index < -0.39 is 0 Å². The first-order valence-electron chi connectivity index (χ1n) is 6.46. The second kappa shape index (κ2) is 10.5. The van der Waals surface area contributed by atoms with E-state index in [-0.39, 0.29) is 18.4 Å². The highest BCUT2D eigenvalue weighted by Gasteiger charge is 2.05. The van der Waals surface area contributed by atoms with Crippen molar-refractivity contribution in [2.75, 3.05) is 32.6 Å². The Morgan fingerprint density at radius 2 is 2.10 bits per heavy atom. The summed E-state index contributed by atoms with van der Waals surface area (Å²) in [5.74, 6) is 0.621. The number of rotatable bonds is 9. The van der Waals surface area contributed by atoms with E-state index in [2.05, 4.69) is 10.6 Å². The molecule has 2 N–H and O–H groups in total. The minimum absolute atomic E-state index is 0.0136. The van der Waals surface area contributed by atoms with E-state index in [1.54, 1.807) is 7.11 Å². The molecular weight excluding hydrogens is 312 g/mol. The summed E-state index contributed by atoms with van der Waals surface area (Å²) in [5.41, 5.74) is 1.07. The van der Waals surface area contributed by atoms with Crippen molar-refractivity contribution in [1.29, 1.82) is 0 Å². The van der Waals surface area contributed by atoms with E-state index in [1.165, 1.54) is 11.8 Å². The number of amides is 2. The fourth-order valence-corrected chi connectivity index (χ4v) is 2.49. The van der Waals surface area contributed by atoms with Crippen LogP contribution in [0.5, 0.6) is 0 Å². The van der Waals surface area contributed by atoms with Crippen LogP contribution in [-0.4, -0.2) is 44.4 Å². The number of hydrogen-bond donors (Lipinski definition) is 2. The summed E-state index contributed by atoms with van der Waals surface area (Å²) in [5, 5.41) is 5.88. The summed E-state index contributed by atoms with van der Waals surface area (Å²) < 4.78 is 4.81. The van der Waals surface area contributed by atoms with Crippen LogP contribution in [0.1, 0.15) is 5.56 Å². The molecule has 0 bridgehead atoms. The predicted octanol–water partition coefficient (Wildman–Crippen LogP) is 1.45. The van der Waals surface area contributed by atoms with Crippen molar-refractivity contribution >= 4 is 35.2 Å². The lowest BCUT2D eigenvalue weighted by atomic mass is 10.2. The summed E-state index contributed by atoms with van der Waals surface area (Å²) in [6.07, 6.45) is 0. The van der Waals surface area contributed by atoms with E-state index in [0.29, 0.717) is 29.7 Å². The molecule has 0 fully saturated rings.